The summed E-state index contributed by atoms with van der Waals surface area (Å²) in [5, 5.41) is 6.09. The van der Waals surface area contributed by atoms with Gasteiger partial charge in [0.25, 0.3) is 5.91 Å². The third-order valence-electron chi connectivity index (χ3n) is 5.08. The Morgan fingerprint density at radius 2 is 1.92 bits per heavy atom. The maximum atomic E-state index is 12.6. The van der Waals surface area contributed by atoms with Crippen LogP contribution in [-0.2, 0) is 9.53 Å². The van der Waals surface area contributed by atoms with Gasteiger partial charge in [0.1, 0.15) is 0 Å². The van der Waals surface area contributed by atoms with E-state index in [1.807, 2.05) is 25.1 Å². The van der Waals surface area contributed by atoms with Crippen LogP contribution in [0.25, 0.3) is 0 Å². The Morgan fingerprint density at radius 1 is 1.12 bits per heavy atom. The summed E-state index contributed by atoms with van der Waals surface area (Å²) in [5.41, 5.74) is 2.17. The van der Waals surface area contributed by atoms with E-state index in [0.717, 1.165) is 24.8 Å². The third kappa shape index (κ3) is 3.96. The molecule has 5 nitrogen and oxygen atoms in total. The van der Waals surface area contributed by atoms with Crippen molar-refractivity contribution in [2.45, 2.75) is 51.5 Å². The molecule has 1 saturated heterocycles. The first kappa shape index (κ1) is 17.0. The lowest BCUT2D eigenvalue weighted by atomic mass is 9.95. The number of anilines is 1. The zero-order valence-electron chi connectivity index (χ0n) is 14.3. The van der Waals surface area contributed by atoms with Gasteiger partial charge in [0, 0.05) is 23.9 Å². The van der Waals surface area contributed by atoms with Crippen LogP contribution in [0.5, 0.6) is 0 Å². The third-order valence-corrected chi connectivity index (χ3v) is 5.08. The minimum absolute atomic E-state index is 0.0274. The number of carbonyl (C=O) groups is 2. The highest BCUT2D eigenvalue weighted by atomic mass is 16.5. The van der Waals surface area contributed by atoms with Crippen LogP contribution in [0.2, 0.25) is 0 Å². The molecule has 2 fully saturated rings. The first-order chi connectivity index (χ1) is 11.6. The number of hydrogen-bond acceptors (Lipinski definition) is 3. The number of amides is 2. The lowest BCUT2D eigenvalue weighted by Gasteiger charge is -2.23. The number of hydrogen-bond donors (Lipinski definition) is 2. The summed E-state index contributed by atoms with van der Waals surface area (Å²) in [6.45, 7) is 3.00. The van der Waals surface area contributed by atoms with Crippen LogP contribution in [0.3, 0.4) is 0 Å². The van der Waals surface area contributed by atoms with Crippen LogP contribution >= 0.6 is 0 Å². The van der Waals surface area contributed by atoms with E-state index < -0.39 is 0 Å². The molecule has 1 aromatic rings. The van der Waals surface area contributed by atoms with Gasteiger partial charge in [-0.2, -0.15) is 0 Å². The quantitative estimate of drug-likeness (QED) is 0.892. The Labute approximate surface area is 143 Å². The normalized spacial score (nSPS) is 21.5. The predicted octanol–water partition coefficient (Wildman–Crippen LogP) is 3.03. The Hall–Kier alpha value is -1.88. The fourth-order valence-corrected chi connectivity index (χ4v) is 3.50. The number of nitrogens with one attached hydrogen (secondary N) is 2. The van der Waals surface area contributed by atoms with Crippen molar-refractivity contribution >= 4 is 17.5 Å². The SMILES string of the molecule is Cc1c(NC(=O)C2CCOC2)cccc1C(=O)NC1CCCCC1. The molecule has 0 bridgehead atoms. The monoisotopic (exact) mass is 330 g/mol. The molecule has 1 heterocycles. The van der Waals surface area contributed by atoms with Gasteiger partial charge in [-0.15, -0.1) is 0 Å². The fraction of sp³-hybridized carbons (Fsp3) is 0.579. The van der Waals surface area contributed by atoms with E-state index in [0.29, 0.717) is 24.5 Å². The number of benzene rings is 1. The molecular weight excluding hydrogens is 304 g/mol. The van der Waals surface area contributed by atoms with Crippen LogP contribution in [0.15, 0.2) is 18.2 Å². The molecule has 1 aliphatic carbocycles. The minimum Gasteiger partial charge on any atom is -0.381 e. The highest BCUT2D eigenvalue weighted by Gasteiger charge is 2.24. The summed E-state index contributed by atoms with van der Waals surface area (Å²) in [7, 11) is 0. The van der Waals surface area contributed by atoms with Crippen LogP contribution in [0.4, 0.5) is 5.69 Å². The van der Waals surface area contributed by atoms with Gasteiger partial charge in [-0.1, -0.05) is 25.3 Å². The Balaban J connectivity index is 1.67. The van der Waals surface area contributed by atoms with Gasteiger partial charge in [-0.25, -0.2) is 0 Å². The molecule has 1 aliphatic heterocycles. The second-order valence-corrected chi connectivity index (χ2v) is 6.84. The van der Waals surface area contributed by atoms with Gasteiger partial charge in [0.15, 0.2) is 0 Å². The van der Waals surface area contributed by atoms with Crippen molar-refractivity contribution in [2.75, 3.05) is 18.5 Å². The second kappa shape index (κ2) is 7.79. The lowest BCUT2D eigenvalue weighted by molar-refractivity contribution is -0.119. The van der Waals surface area contributed by atoms with Gasteiger partial charge in [-0.05, 0) is 43.9 Å². The van der Waals surface area contributed by atoms with Gasteiger partial charge in [0.2, 0.25) is 5.91 Å². The molecule has 2 amide bonds. The van der Waals surface area contributed by atoms with Crippen LogP contribution < -0.4 is 10.6 Å². The summed E-state index contributed by atoms with van der Waals surface area (Å²) in [5.74, 6) is -0.163. The number of rotatable bonds is 4. The van der Waals surface area contributed by atoms with Crippen molar-refractivity contribution in [3.05, 3.63) is 29.3 Å². The molecule has 1 saturated carbocycles. The molecule has 0 aromatic heterocycles. The van der Waals surface area contributed by atoms with Gasteiger partial charge in [-0.3, -0.25) is 9.59 Å². The van der Waals surface area contributed by atoms with E-state index in [-0.39, 0.29) is 23.8 Å². The smallest absolute Gasteiger partial charge is 0.251 e. The highest BCUT2D eigenvalue weighted by Crippen LogP contribution is 2.23. The average Bonchev–Trinajstić information content (AvgIpc) is 3.12. The van der Waals surface area contributed by atoms with E-state index in [1.165, 1.54) is 19.3 Å². The molecule has 3 rings (SSSR count). The summed E-state index contributed by atoms with van der Waals surface area (Å²) < 4.78 is 5.27. The van der Waals surface area contributed by atoms with E-state index in [1.54, 1.807) is 0 Å². The molecule has 5 heteroatoms. The van der Waals surface area contributed by atoms with Gasteiger partial charge in [0.05, 0.1) is 12.5 Å². The Kier molecular flexibility index (Phi) is 5.51. The summed E-state index contributed by atoms with van der Waals surface area (Å²) in [6, 6.07) is 5.77. The zero-order valence-corrected chi connectivity index (χ0v) is 14.3. The first-order valence-electron chi connectivity index (χ1n) is 8.94. The van der Waals surface area contributed by atoms with Crippen molar-refractivity contribution in [2.24, 2.45) is 5.92 Å². The first-order valence-corrected chi connectivity index (χ1v) is 8.94. The van der Waals surface area contributed by atoms with Crippen molar-refractivity contribution in [3.63, 3.8) is 0 Å². The summed E-state index contributed by atoms with van der Waals surface area (Å²) in [6.07, 6.45) is 6.50. The molecule has 0 radical (unpaired) electrons. The zero-order chi connectivity index (χ0) is 16.9. The molecule has 130 valence electrons. The summed E-state index contributed by atoms with van der Waals surface area (Å²) >= 11 is 0. The van der Waals surface area contributed by atoms with Gasteiger partial charge < -0.3 is 15.4 Å². The lowest BCUT2D eigenvalue weighted by Crippen LogP contribution is -2.36. The Morgan fingerprint density at radius 3 is 2.62 bits per heavy atom. The highest BCUT2D eigenvalue weighted by molar-refractivity contribution is 6.00. The molecule has 1 atom stereocenters. The number of carbonyl (C=O) groups excluding carboxylic acids is 2. The number of ether oxygens (including phenoxy) is 1. The van der Waals surface area contributed by atoms with Crippen molar-refractivity contribution in [1.29, 1.82) is 0 Å². The molecule has 0 spiro atoms. The Bertz CT molecular complexity index is 603. The molecule has 2 N–H and O–H groups in total. The van der Waals surface area contributed by atoms with E-state index >= 15 is 0 Å². The topological polar surface area (TPSA) is 67.4 Å². The van der Waals surface area contributed by atoms with E-state index in [9.17, 15) is 9.59 Å². The minimum atomic E-state index is -0.0934. The molecule has 2 aliphatic rings. The van der Waals surface area contributed by atoms with Crippen LogP contribution in [0, 0.1) is 12.8 Å². The average molecular weight is 330 g/mol. The van der Waals surface area contributed by atoms with Crippen molar-refractivity contribution in [3.8, 4) is 0 Å². The molecule has 24 heavy (non-hydrogen) atoms. The fourth-order valence-electron chi connectivity index (χ4n) is 3.50. The second-order valence-electron chi connectivity index (χ2n) is 6.84. The maximum Gasteiger partial charge on any atom is 0.251 e. The summed E-state index contributed by atoms with van der Waals surface area (Å²) in [4.78, 5) is 24.9. The maximum absolute atomic E-state index is 12.6. The van der Waals surface area contributed by atoms with Gasteiger partial charge >= 0.3 is 0 Å². The standard InChI is InChI=1S/C19H26N2O3/c1-13-16(19(23)20-15-6-3-2-4-7-15)8-5-9-17(13)21-18(22)14-10-11-24-12-14/h5,8-9,14-15H,2-4,6-7,10-12H2,1H3,(H,20,23)(H,21,22). The van der Waals surface area contributed by atoms with Crippen LogP contribution in [0.1, 0.15) is 54.4 Å². The van der Waals surface area contributed by atoms with Crippen LogP contribution in [-0.4, -0.2) is 31.1 Å². The molecular formula is C19H26N2O3. The van der Waals surface area contributed by atoms with Crippen molar-refractivity contribution in [1.82, 2.24) is 5.32 Å². The largest absolute Gasteiger partial charge is 0.381 e. The van der Waals surface area contributed by atoms with Crippen molar-refractivity contribution < 1.29 is 14.3 Å². The molecule has 1 unspecified atom stereocenters. The predicted molar refractivity (Wildman–Crippen MR) is 93.1 cm³/mol. The molecule has 1 aromatic carbocycles. The van der Waals surface area contributed by atoms with E-state index in [4.69, 9.17) is 4.74 Å². The van der Waals surface area contributed by atoms with E-state index in [2.05, 4.69) is 10.6 Å².